The van der Waals surface area contributed by atoms with Gasteiger partial charge in [-0.1, -0.05) is 18.2 Å². The Kier molecular flexibility index (Phi) is 9.91. The number of hydrogen-bond acceptors (Lipinski definition) is 5. The van der Waals surface area contributed by atoms with Gasteiger partial charge in [-0.25, -0.2) is 9.18 Å². The predicted octanol–water partition coefficient (Wildman–Crippen LogP) is 8.56. The Morgan fingerprint density at radius 3 is 2.31 bits per heavy atom. The van der Waals surface area contributed by atoms with E-state index in [9.17, 15) is 54.5 Å². The van der Waals surface area contributed by atoms with Crippen molar-refractivity contribution >= 4 is 11.7 Å². The van der Waals surface area contributed by atoms with Crippen LogP contribution in [0.3, 0.4) is 0 Å². The minimum Gasteiger partial charge on any atom is -0.496 e. The number of ether oxygens (including phenoxy) is 2. The number of cyclic esters (lactones) is 1. The van der Waals surface area contributed by atoms with Crippen LogP contribution in [0.5, 0.6) is 0 Å². The van der Waals surface area contributed by atoms with Crippen molar-refractivity contribution in [3.63, 3.8) is 0 Å². The zero-order valence-corrected chi connectivity index (χ0v) is 26.3. The molecular weight excluding hydrogens is 680 g/mol. The van der Waals surface area contributed by atoms with Gasteiger partial charge >= 0.3 is 24.6 Å². The summed E-state index contributed by atoms with van der Waals surface area (Å²) >= 11 is 0. The fourth-order valence-electron chi connectivity index (χ4n) is 7.55. The number of aliphatic hydroxyl groups excluding tert-OH is 1. The van der Waals surface area contributed by atoms with E-state index in [0.29, 0.717) is 6.08 Å². The van der Waals surface area contributed by atoms with Crippen LogP contribution in [0.2, 0.25) is 0 Å². The summed E-state index contributed by atoms with van der Waals surface area (Å²) in [6, 6.07) is 0.427. The summed E-state index contributed by atoms with van der Waals surface area (Å²) in [5.41, 5.74) is -3.21. The lowest BCUT2D eigenvalue weighted by Gasteiger charge is -2.43. The molecule has 1 amide bonds. The van der Waals surface area contributed by atoms with Gasteiger partial charge in [0.1, 0.15) is 11.9 Å². The first-order valence-electron chi connectivity index (χ1n) is 15.7. The standard InChI is InChI=1S/C33H35F10NO5/c1-30(18-11-19(32(38,39)40)13-20(12-18)33(41,42)43)27-5-3-4-25(44(27)29(47)49-30)22-14-17(31(35,36)37)7-8-21(22)23-10-16(6-9-28(45)46)24(34)15-26(23)48-2/h7-8,10-11,14-16,19-20,24-25,27-28,45-46H,3-6,9,12-13H2,1-2H3/t16?,19?,20?,24?,25-,27?,30?/m0/s1. The van der Waals surface area contributed by atoms with E-state index < -0.39 is 90.9 Å². The number of benzene rings is 1. The van der Waals surface area contributed by atoms with Gasteiger partial charge in [0.05, 0.1) is 36.6 Å². The van der Waals surface area contributed by atoms with Gasteiger partial charge in [-0.15, -0.1) is 0 Å². The molecule has 49 heavy (non-hydrogen) atoms. The SMILES string of the molecule is COC1=CC(F)C(CCC(O)O)C=C1c1ccc(C(F)(F)F)cc1[C@@H]1CCCC2N1C(=O)OC2(C)C1=CC(C(F)(F)F)CC(C(F)(F)F)C1. The topological polar surface area (TPSA) is 79.2 Å². The molecule has 0 spiro atoms. The molecule has 0 saturated carbocycles. The Morgan fingerprint density at radius 2 is 1.71 bits per heavy atom. The summed E-state index contributed by atoms with van der Waals surface area (Å²) in [4.78, 5) is 14.7. The van der Waals surface area contributed by atoms with Crippen molar-refractivity contribution in [2.24, 2.45) is 17.8 Å². The number of rotatable bonds is 7. The summed E-state index contributed by atoms with van der Waals surface area (Å²) in [6.45, 7) is 1.24. The lowest BCUT2D eigenvalue weighted by atomic mass is 9.72. The van der Waals surface area contributed by atoms with Crippen LogP contribution in [-0.4, -0.2) is 64.8 Å². The maximum absolute atomic E-state index is 15.1. The fraction of sp³-hybridized carbons (Fsp3) is 0.606. The van der Waals surface area contributed by atoms with Crippen molar-refractivity contribution in [1.82, 2.24) is 4.90 Å². The maximum Gasteiger partial charge on any atom is 0.416 e. The van der Waals surface area contributed by atoms with E-state index in [1.54, 1.807) is 0 Å². The number of aliphatic hydroxyl groups is 2. The highest BCUT2D eigenvalue weighted by molar-refractivity contribution is 5.82. The van der Waals surface area contributed by atoms with Gasteiger partial charge in [-0.3, -0.25) is 4.90 Å². The van der Waals surface area contributed by atoms with E-state index in [0.717, 1.165) is 29.2 Å². The molecule has 0 aromatic heterocycles. The Labute approximate surface area is 275 Å². The second-order valence-electron chi connectivity index (χ2n) is 13.1. The molecule has 5 rings (SSSR count). The first kappa shape index (κ1) is 37.0. The molecule has 1 aromatic carbocycles. The third-order valence-corrected chi connectivity index (χ3v) is 10.1. The number of hydrogen-bond donors (Lipinski definition) is 2. The molecule has 0 bridgehead atoms. The monoisotopic (exact) mass is 715 g/mol. The van der Waals surface area contributed by atoms with Gasteiger partial charge in [0.25, 0.3) is 0 Å². The van der Waals surface area contributed by atoms with Crippen LogP contribution in [0.1, 0.15) is 74.6 Å². The highest BCUT2D eigenvalue weighted by atomic mass is 19.4. The van der Waals surface area contributed by atoms with Crippen LogP contribution in [0.15, 0.2) is 47.8 Å². The zero-order chi connectivity index (χ0) is 36.3. The molecule has 2 fully saturated rings. The molecule has 1 aromatic rings. The van der Waals surface area contributed by atoms with E-state index in [1.807, 2.05) is 0 Å². The third kappa shape index (κ3) is 7.31. The third-order valence-electron chi connectivity index (χ3n) is 10.1. The second kappa shape index (κ2) is 13.1. The quantitative estimate of drug-likeness (QED) is 0.168. The molecule has 16 heteroatoms. The Balaban J connectivity index is 1.61. The van der Waals surface area contributed by atoms with Crippen LogP contribution in [-0.2, 0) is 15.7 Å². The molecule has 2 saturated heterocycles. The number of amides is 1. The van der Waals surface area contributed by atoms with Gasteiger partial charge in [0.2, 0.25) is 0 Å². The van der Waals surface area contributed by atoms with E-state index >= 15 is 4.39 Å². The lowest BCUT2D eigenvalue weighted by Crippen LogP contribution is -2.50. The summed E-state index contributed by atoms with van der Waals surface area (Å²) in [6.07, 6.45) is -18.2. The molecule has 2 heterocycles. The fourth-order valence-corrected chi connectivity index (χ4v) is 7.55. The number of alkyl halides is 10. The smallest absolute Gasteiger partial charge is 0.416 e. The molecule has 2 aliphatic heterocycles. The molecule has 0 radical (unpaired) electrons. The number of methoxy groups -OCH3 is 1. The second-order valence-corrected chi connectivity index (χ2v) is 13.1. The molecule has 6 unspecified atom stereocenters. The molecule has 2 N–H and O–H groups in total. The molecule has 4 aliphatic rings. The van der Waals surface area contributed by atoms with Gasteiger partial charge in [-0.05, 0) is 86.8 Å². The number of allylic oxidation sites excluding steroid dienone is 4. The summed E-state index contributed by atoms with van der Waals surface area (Å²) in [5, 5.41) is 18.7. The first-order chi connectivity index (χ1) is 22.6. The van der Waals surface area contributed by atoms with E-state index in [-0.39, 0.29) is 60.1 Å². The van der Waals surface area contributed by atoms with Crippen molar-refractivity contribution in [2.75, 3.05) is 7.11 Å². The zero-order valence-electron chi connectivity index (χ0n) is 26.3. The highest BCUT2D eigenvalue weighted by Crippen LogP contribution is 2.54. The van der Waals surface area contributed by atoms with Crippen LogP contribution in [0.25, 0.3) is 5.57 Å². The van der Waals surface area contributed by atoms with Crippen molar-refractivity contribution in [1.29, 1.82) is 0 Å². The Morgan fingerprint density at radius 1 is 1.02 bits per heavy atom. The summed E-state index contributed by atoms with van der Waals surface area (Å²) < 4.78 is 151. The average Bonchev–Trinajstić information content (AvgIpc) is 3.29. The van der Waals surface area contributed by atoms with Crippen LogP contribution in [0.4, 0.5) is 48.7 Å². The number of nitrogens with zero attached hydrogens (tertiary/aromatic N) is 1. The minimum atomic E-state index is -5.01. The Bertz CT molecular complexity index is 1510. The van der Waals surface area contributed by atoms with Gasteiger partial charge in [-0.2, -0.15) is 39.5 Å². The number of piperidine rings is 1. The highest BCUT2D eigenvalue weighted by Gasteiger charge is 2.60. The van der Waals surface area contributed by atoms with Crippen molar-refractivity contribution in [2.45, 2.75) is 101 Å². The molecule has 6 nitrogen and oxygen atoms in total. The van der Waals surface area contributed by atoms with Gasteiger partial charge in [0, 0.05) is 11.5 Å². The normalized spacial score (nSPS) is 31.2. The van der Waals surface area contributed by atoms with Crippen LogP contribution in [0, 0.1) is 17.8 Å². The van der Waals surface area contributed by atoms with Crippen LogP contribution >= 0.6 is 0 Å². The number of carbonyl (C=O) groups is 1. The Hall–Kier alpha value is -3.27. The van der Waals surface area contributed by atoms with E-state index in [4.69, 9.17) is 9.47 Å². The van der Waals surface area contributed by atoms with Gasteiger partial charge in [0.15, 0.2) is 11.9 Å². The summed E-state index contributed by atoms with van der Waals surface area (Å²) in [5.74, 6) is -5.81. The lowest BCUT2D eigenvalue weighted by molar-refractivity contribution is -0.206. The van der Waals surface area contributed by atoms with E-state index in [2.05, 4.69) is 0 Å². The first-order valence-corrected chi connectivity index (χ1v) is 15.7. The molecular formula is C33H35F10NO5. The van der Waals surface area contributed by atoms with Crippen molar-refractivity contribution < 1.29 is 68.4 Å². The van der Waals surface area contributed by atoms with Crippen molar-refractivity contribution in [3.8, 4) is 0 Å². The minimum absolute atomic E-state index is 0.0424. The summed E-state index contributed by atoms with van der Waals surface area (Å²) in [7, 11) is 1.22. The van der Waals surface area contributed by atoms with Crippen LogP contribution < -0.4 is 0 Å². The predicted molar refractivity (Wildman–Crippen MR) is 154 cm³/mol. The number of fused-ring (bicyclic) bond motifs is 1. The largest absolute Gasteiger partial charge is 0.496 e. The molecule has 2 aliphatic carbocycles. The molecule has 7 atom stereocenters. The molecule has 272 valence electrons. The average molecular weight is 716 g/mol. The number of halogens is 10. The number of carbonyl (C=O) groups excluding carboxylic acids is 1. The van der Waals surface area contributed by atoms with Crippen molar-refractivity contribution in [3.05, 3.63) is 64.4 Å². The van der Waals surface area contributed by atoms with Gasteiger partial charge < -0.3 is 19.7 Å². The van der Waals surface area contributed by atoms with E-state index in [1.165, 1.54) is 20.1 Å². The maximum atomic E-state index is 15.1.